The first kappa shape index (κ1) is 13.6. The van der Waals surface area contributed by atoms with Gasteiger partial charge in [0.15, 0.2) is 0 Å². The van der Waals surface area contributed by atoms with E-state index in [0.29, 0.717) is 6.04 Å². The molecule has 1 aliphatic carbocycles. The number of nitrogens with two attached hydrogens (primary N) is 1. The van der Waals surface area contributed by atoms with Crippen molar-refractivity contribution >= 4 is 11.8 Å². The highest BCUT2D eigenvalue weighted by molar-refractivity contribution is 7.99. The van der Waals surface area contributed by atoms with Gasteiger partial charge in [-0.25, -0.2) is 4.68 Å². The number of nitrogens with zero attached hydrogens (tertiary/aromatic N) is 4. The fraction of sp³-hybridized carbons (Fsp3) is 0.500. The van der Waals surface area contributed by atoms with Gasteiger partial charge in [-0.05, 0) is 53.6 Å². The zero-order valence-electron chi connectivity index (χ0n) is 11.6. The summed E-state index contributed by atoms with van der Waals surface area (Å²) in [5.74, 6) is 0. The third kappa shape index (κ3) is 2.71. The molecule has 20 heavy (non-hydrogen) atoms. The topological polar surface area (TPSA) is 69.6 Å². The molecule has 0 saturated heterocycles. The van der Waals surface area contributed by atoms with E-state index < -0.39 is 0 Å². The molecule has 1 aromatic carbocycles. The number of benzene rings is 1. The van der Waals surface area contributed by atoms with E-state index in [-0.39, 0.29) is 6.04 Å². The van der Waals surface area contributed by atoms with Crippen LogP contribution in [0.2, 0.25) is 0 Å². The van der Waals surface area contributed by atoms with E-state index in [1.54, 1.807) is 11.8 Å². The summed E-state index contributed by atoms with van der Waals surface area (Å²) >= 11 is 1.61. The van der Waals surface area contributed by atoms with Crippen LogP contribution < -0.4 is 5.73 Å². The van der Waals surface area contributed by atoms with Crippen molar-refractivity contribution in [3.05, 3.63) is 29.8 Å². The third-order valence-corrected chi connectivity index (χ3v) is 4.79. The number of hydrogen-bond acceptors (Lipinski definition) is 5. The minimum Gasteiger partial charge on any atom is -0.324 e. The zero-order valence-corrected chi connectivity index (χ0v) is 12.4. The molecule has 0 spiro atoms. The first-order valence-electron chi connectivity index (χ1n) is 7.06. The van der Waals surface area contributed by atoms with Crippen molar-refractivity contribution in [2.75, 3.05) is 0 Å². The van der Waals surface area contributed by atoms with Crippen LogP contribution in [0.3, 0.4) is 0 Å². The van der Waals surface area contributed by atoms with E-state index in [9.17, 15) is 0 Å². The fourth-order valence-electron chi connectivity index (χ4n) is 2.68. The van der Waals surface area contributed by atoms with Crippen LogP contribution in [-0.4, -0.2) is 20.2 Å². The molecule has 0 radical (unpaired) electrons. The van der Waals surface area contributed by atoms with Gasteiger partial charge in [-0.2, -0.15) is 0 Å². The first-order valence-corrected chi connectivity index (χ1v) is 7.87. The maximum atomic E-state index is 6.03. The largest absolute Gasteiger partial charge is 0.324 e. The van der Waals surface area contributed by atoms with E-state index in [4.69, 9.17) is 5.73 Å². The van der Waals surface area contributed by atoms with Gasteiger partial charge in [0.1, 0.15) is 0 Å². The average molecular weight is 289 g/mol. The molecular weight excluding hydrogens is 270 g/mol. The maximum Gasteiger partial charge on any atom is 0.214 e. The minimum absolute atomic E-state index is 0.00881. The quantitative estimate of drug-likeness (QED) is 0.937. The molecule has 3 rings (SSSR count). The van der Waals surface area contributed by atoms with Crippen LogP contribution in [0.1, 0.15) is 50.3 Å². The van der Waals surface area contributed by atoms with Crippen molar-refractivity contribution in [2.45, 2.75) is 54.7 Å². The molecule has 106 valence electrons. The van der Waals surface area contributed by atoms with Gasteiger partial charge < -0.3 is 5.73 Å². The number of rotatable bonds is 4. The highest BCUT2D eigenvalue weighted by Crippen LogP contribution is 2.35. The summed E-state index contributed by atoms with van der Waals surface area (Å²) < 4.78 is 1.98. The SMILES string of the molecule is C[C@@H](N)c1ccccc1Sc1nnnn1C1CCCC1. The fourth-order valence-corrected chi connectivity index (χ4v) is 3.75. The highest BCUT2D eigenvalue weighted by atomic mass is 32.2. The molecule has 0 aliphatic heterocycles. The number of tetrazole rings is 1. The normalized spacial score (nSPS) is 17.5. The Bertz CT molecular complexity index is 574. The lowest BCUT2D eigenvalue weighted by atomic mass is 10.1. The lowest BCUT2D eigenvalue weighted by Crippen LogP contribution is -2.09. The first-order chi connectivity index (χ1) is 9.75. The van der Waals surface area contributed by atoms with Crippen LogP contribution >= 0.6 is 11.8 Å². The van der Waals surface area contributed by atoms with E-state index in [0.717, 1.165) is 15.6 Å². The molecule has 5 nitrogen and oxygen atoms in total. The van der Waals surface area contributed by atoms with Crippen LogP contribution in [0.25, 0.3) is 0 Å². The number of hydrogen-bond donors (Lipinski definition) is 1. The van der Waals surface area contributed by atoms with Crippen molar-refractivity contribution in [2.24, 2.45) is 5.73 Å². The Kier molecular flexibility index (Phi) is 4.03. The summed E-state index contributed by atoms with van der Waals surface area (Å²) in [4.78, 5) is 1.14. The predicted octanol–water partition coefficient (Wildman–Crippen LogP) is 2.96. The Balaban J connectivity index is 1.87. The Morgan fingerprint density at radius 1 is 1.30 bits per heavy atom. The molecule has 1 aromatic heterocycles. The Labute approximate surface area is 122 Å². The Morgan fingerprint density at radius 3 is 2.80 bits per heavy atom. The van der Waals surface area contributed by atoms with Crippen LogP contribution in [0.5, 0.6) is 0 Å². The summed E-state index contributed by atoms with van der Waals surface area (Å²) in [5.41, 5.74) is 7.17. The summed E-state index contributed by atoms with van der Waals surface area (Å²) in [6.07, 6.45) is 4.89. The van der Waals surface area contributed by atoms with Gasteiger partial charge in [0.05, 0.1) is 6.04 Å². The number of aromatic nitrogens is 4. The van der Waals surface area contributed by atoms with E-state index in [2.05, 4.69) is 27.7 Å². The molecule has 6 heteroatoms. The maximum absolute atomic E-state index is 6.03. The molecule has 1 heterocycles. The van der Waals surface area contributed by atoms with Crippen molar-refractivity contribution in [1.29, 1.82) is 0 Å². The molecule has 0 amide bonds. The molecule has 1 fully saturated rings. The summed E-state index contributed by atoms with van der Waals surface area (Å²) in [5, 5.41) is 13.1. The van der Waals surface area contributed by atoms with Crippen LogP contribution in [0.15, 0.2) is 34.3 Å². The van der Waals surface area contributed by atoms with Gasteiger partial charge >= 0.3 is 0 Å². The van der Waals surface area contributed by atoms with Crippen molar-refractivity contribution < 1.29 is 0 Å². The molecule has 2 N–H and O–H groups in total. The average Bonchev–Trinajstić information content (AvgIpc) is 3.09. The highest BCUT2D eigenvalue weighted by Gasteiger charge is 2.22. The molecule has 1 aliphatic rings. The van der Waals surface area contributed by atoms with Gasteiger partial charge in [0.2, 0.25) is 5.16 Å². The van der Waals surface area contributed by atoms with Crippen LogP contribution in [0, 0.1) is 0 Å². The molecule has 0 unspecified atom stereocenters. The van der Waals surface area contributed by atoms with Gasteiger partial charge in [0, 0.05) is 10.9 Å². The van der Waals surface area contributed by atoms with Crippen molar-refractivity contribution in [3.8, 4) is 0 Å². The second-order valence-electron chi connectivity index (χ2n) is 5.27. The van der Waals surface area contributed by atoms with E-state index in [1.807, 2.05) is 23.7 Å². The Morgan fingerprint density at radius 2 is 2.05 bits per heavy atom. The van der Waals surface area contributed by atoms with Crippen molar-refractivity contribution in [1.82, 2.24) is 20.2 Å². The third-order valence-electron chi connectivity index (χ3n) is 3.74. The van der Waals surface area contributed by atoms with Crippen molar-refractivity contribution in [3.63, 3.8) is 0 Å². The monoisotopic (exact) mass is 289 g/mol. The second kappa shape index (κ2) is 5.93. The molecule has 1 atom stereocenters. The molecule has 1 saturated carbocycles. The van der Waals surface area contributed by atoms with E-state index in [1.165, 1.54) is 25.7 Å². The summed E-state index contributed by atoms with van der Waals surface area (Å²) in [7, 11) is 0. The van der Waals surface area contributed by atoms with E-state index >= 15 is 0 Å². The lowest BCUT2D eigenvalue weighted by molar-refractivity contribution is 0.423. The lowest BCUT2D eigenvalue weighted by Gasteiger charge is -2.14. The van der Waals surface area contributed by atoms with Gasteiger partial charge in [0.25, 0.3) is 0 Å². The van der Waals surface area contributed by atoms with Crippen LogP contribution in [0.4, 0.5) is 0 Å². The molecule has 2 aromatic rings. The smallest absolute Gasteiger partial charge is 0.214 e. The predicted molar refractivity (Wildman–Crippen MR) is 78.5 cm³/mol. The standard InChI is InChI=1S/C14H19N5S/c1-10(15)12-8-4-5-9-13(12)20-14-16-17-18-19(14)11-6-2-3-7-11/h4-5,8-11H,2-3,6-7,15H2,1H3/t10-/m1/s1. The minimum atomic E-state index is 0.00881. The molecule has 0 bridgehead atoms. The zero-order chi connectivity index (χ0) is 13.9. The molecular formula is C14H19N5S. The van der Waals surface area contributed by atoms with Crippen LogP contribution in [-0.2, 0) is 0 Å². The summed E-state index contributed by atoms with van der Waals surface area (Å²) in [6.45, 7) is 2.00. The van der Waals surface area contributed by atoms with Gasteiger partial charge in [-0.3, -0.25) is 0 Å². The Hall–Kier alpha value is -1.40. The van der Waals surface area contributed by atoms with Gasteiger partial charge in [-0.1, -0.05) is 31.0 Å². The summed E-state index contributed by atoms with van der Waals surface area (Å²) in [6, 6.07) is 8.65. The van der Waals surface area contributed by atoms with Gasteiger partial charge in [-0.15, -0.1) is 5.10 Å². The second-order valence-corrected chi connectivity index (χ2v) is 6.28.